The molecule has 1 aromatic heterocycles. The third-order valence-corrected chi connectivity index (χ3v) is 5.73. The quantitative estimate of drug-likeness (QED) is 0.432. The summed E-state index contributed by atoms with van der Waals surface area (Å²) < 4.78 is 27.2. The number of benzene rings is 2. The average Bonchev–Trinajstić information content (AvgIpc) is 3.28. The molecule has 33 heavy (non-hydrogen) atoms. The van der Waals surface area contributed by atoms with Crippen LogP contribution < -0.4 is 5.32 Å². The number of urea groups is 1. The maximum Gasteiger partial charge on any atom is 0.322 e. The topological polar surface area (TPSA) is 52.7 Å². The highest BCUT2D eigenvalue weighted by molar-refractivity contribution is 7.09. The number of anilines is 1. The summed E-state index contributed by atoms with van der Waals surface area (Å²) in [7, 11) is 0. The fourth-order valence-corrected chi connectivity index (χ4v) is 4.05. The van der Waals surface area contributed by atoms with Crippen LogP contribution in [0.25, 0.3) is 0 Å². The number of rotatable bonds is 9. The Kier molecular flexibility index (Phi) is 8.54. The summed E-state index contributed by atoms with van der Waals surface area (Å²) in [6.45, 7) is 4.83. The van der Waals surface area contributed by atoms with Crippen LogP contribution in [0.5, 0.6) is 0 Å². The molecule has 0 spiro atoms. The Hall–Kier alpha value is -3.26. The van der Waals surface area contributed by atoms with E-state index in [-0.39, 0.29) is 24.1 Å². The molecule has 0 atom stereocenters. The molecule has 3 rings (SSSR count). The molecule has 0 radical (unpaired) electrons. The largest absolute Gasteiger partial charge is 0.332 e. The average molecular weight is 472 g/mol. The van der Waals surface area contributed by atoms with Crippen LogP contribution in [-0.2, 0) is 17.9 Å². The number of nitrogens with zero attached hydrogens (tertiary/aromatic N) is 2. The van der Waals surface area contributed by atoms with E-state index in [0.29, 0.717) is 25.7 Å². The number of thiophene rings is 1. The molecule has 0 saturated heterocycles. The smallest absolute Gasteiger partial charge is 0.322 e. The van der Waals surface area contributed by atoms with Gasteiger partial charge in [-0.25, -0.2) is 13.6 Å². The van der Waals surface area contributed by atoms with Gasteiger partial charge in [-0.2, -0.15) is 0 Å². The summed E-state index contributed by atoms with van der Waals surface area (Å²) in [5.74, 6) is -1.74. The molecule has 0 unspecified atom stereocenters. The van der Waals surface area contributed by atoms with Gasteiger partial charge in [-0.3, -0.25) is 4.79 Å². The Balaban J connectivity index is 1.76. The van der Waals surface area contributed by atoms with Gasteiger partial charge in [0, 0.05) is 24.0 Å². The lowest BCUT2D eigenvalue weighted by Crippen LogP contribution is -2.45. The third kappa shape index (κ3) is 7.39. The molecule has 0 aliphatic carbocycles. The van der Waals surface area contributed by atoms with Gasteiger partial charge in [-0.1, -0.05) is 50.2 Å². The van der Waals surface area contributed by atoms with Crippen molar-refractivity contribution in [1.82, 2.24) is 9.80 Å². The second-order valence-electron chi connectivity index (χ2n) is 8.14. The summed E-state index contributed by atoms with van der Waals surface area (Å²) in [5.41, 5.74) is 0.845. The standard InChI is InChI=1S/C25H27F2N3O2S/c1-18(2)14-30(25(32)28-23-11-10-20(26)13-22(23)27)17-24(31)29(16-21-9-6-12-33-21)15-19-7-4-3-5-8-19/h3-13,18H,14-17H2,1-2H3,(H,28,32). The number of amides is 3. The molecule has 3 amide bonds. The maximum atomic E-state index is 14.0. The van der Waals surface area contributed by atoms with Crippen LogP contribution in [-0.4, -0.2) is 34.8 Å². The van der Waals surface area contributed by atoms with Gasteiger partial charge in [0.05, 0.1) is 12.2 Å². The second kappa shape index (κ2) is 11.6. The van der Waals surface area contributed by atoms with Gasteiger partial charge < -0.3 is 15.1 Å². The van der Waals surface area contributed by atoms with Crippen LogP contribution in [0.15, 0.2) is 66.0 Å². The molecule has 0 aliphatic rings. The van der Waals surface area contributed by atoms with Gasteiger partial charge in [-0.05, 0) is 35.1 Å². The Morgan fingerprint density at radius 2 is 1.73 bits per heavy atom. The fourth-order valence-electron chi connectivity index (χ4n) is 3.34. The zero-order valence-electron chi connectivity index (χ0n) is 18.6. The molecular formula is C25H27F2N3O2S. The summed E-state index contributed by atoms with van der Waals surface area (Å²) in [6, 6.07) is 15.9. The van der Waals surface area contributed by atoms with Crippen LogP contribution in [0.4, 0.5) is 19.3 Å². The SMILES string of the molecule is CC(C)CN(CC(=O)N(Cc1ccccc1)Cc1cccs1)C(=O)Nc1ccc(F)cc1F. The molecule has 2 aromatic carbocycles. The molecule has 174 valence electrons. The van der Waals surface area contributed by atoms with E-state index < -0.39 is 17.7 Å². The highest BCUT2D eigenvalue weighted by Gasteiger charge is 2.23. The molecule has 5 nitrogen and oxygen atoms in total. The number of carbonyl (C=O) groups is 2. The van der Waals surface area contributed by atoms with E-state index in [2.05, 4.69) is 5.32 Å². The molecule has 0 fully saturated rings. The molecule has 3 aromatic rings. The summed E-state index contributed by atoms with van der Waals surface area (Å²) in [6.07, 6.45) is 0. The second-order valence-corrected chi connectivity index (χ2v) is 9.18. The van der Waals surface area contributed by atoms with Crippen molar-refractivity contribution in [2.75, 3.05) is 18.4 Å². The molecule has 0 saturated carbocycles. The van der Waals surface area contributed by atoms with Crippen LogP contribution in [0.2, 0.25) is 0 Å². The van der Waals surface area contributed by atoms with Crippen LogP contribution in [0.3, 0.4) is 0 Å². The molecule has 8 heteroatoms. The van der Waals surface area contributed by atoms with Gasteiger partial charge in [0.25, 0.3) is 0 Å². The summed E-state index contributed by atoms with van der Waals surface area (Å²) in [5, 5.41) is 4.41. The van der Waals surface area contributed by atoms with Crippen molar-refractivity contribution in [1.29, 1.82) is 0 Å². The highest BCUT2D eigenvalue weighted by atomic mass is 32.1. The van der Waals surface area contributed by atoms with Gasteiger partial charge in [-0.15, -0.1) is 11.3 Å². The van der Waals surface area contributed by atoms with Crippen molar-refractivity contribution in [3.8, 4) is 0 Å². The zero-order chi connectivity index (χ0) is 23.8. The van der Waals surface area contributed by atoms with E-state index in [1.165, 1.54) is 4.90 Å². The highest BCUT2D eigenvalue weighted by Crippen LogP contribution is 2.18. The molecule has 1 N–H and O–H groups in total. The fraction of sp³-hybridized carbons (Fsp3) is 0.280. The summed E-state index contributed by atoms with van der Waals surface area (Å²) >= 11 is 1.56. The van der Waals surface area contributed by atoms with Crippen molar-refractivity contribution in [2.45, 2.75) is 26.9 Å². The number of carbonyl (C=O) groups excluding carboxylic acids is 2. The van der Waals surface area contributed by atoms with Gasteiger partial charge in [0.15, 0.2) is 0 Å². The van der Waals surface area contributed by atoms with Gasteiger partial charge >= 0.3 is 6.03 Å². The molecular weight excluding hydrogens is 444 g/mol. The number of nitrogens with one attached hydrogen (secondary N) is 1. The molecule has 0 aliphatic heterocycles. The van der Waals surface area contributed by atoms with E-state index in [0.717, 1.165) is 22.6 Å². The van der Waals surface area contributed by atoms with Crippen molar-refractivity contribution >= 4 is 29.0 Å². The number of hydrogen-bond donors (Lipinski definition) is 1. The lowest BCUT2D eigenvalue weighted by Gasteiger charge is -2.29. The van der Waals surface area contributed by atoms with Gasteiger partial charge in [0.2, 0.25) is 5.91 Å². The predicted octanol–water partition coefficient (Wildman–Crippen LogP) is 5.75. The van der Waals surface area contributed by atoms with Gasteiger partial charge in [0.1, 0.15) is 18.2 Å². The minimum absolute atomic E-state index is 0.0847. The monoisotopic (exact) mass is 471 g/mol. The Morgan fingerprint density at radius 3 is 2.36 bits per heavy atom. The van der Waals surface area contributed by atoms with Crippen molar-refractivity contribution in [2.24, 2.45) is 5.92 Å². The van der Waals surface area contributed by atoms with Crippen LogP contribution in [0, 0.1) is 17.6 Å². The van der Waals surface area contributed by atoms with Crippen molar-refractivity contribution in [3.63, 3.8) is 0 Å². The van der Waals surface area contributed by atoms with E-state index in [4.69, 9.17) is 0 Å². The van der Waals surface area contributed by atoms with Crippen molar-refractivity contribution < 1.29 is 18.4 Å². The van der Waals surface area contributed by atoms with E-state index in [9.17, 15) is 18.4 Å². The predicted molar refractivity (Wildman–Crippen MR) is 127 cm³/mol. The molecule has 0 bridgehead atoms. The minimum Gasteiger partial charge on any atom is -0.332 e. The third-order valence-electron chi connectivity index (χ3n) is 4.87. The van der Waals surface area contributed by atoms with Crippen LogP contribution in [0.1, 0.15) is 24.3 Å². The Morgan fingerprint density at radius 1 is 0.970 bits per heavy atom. The Labute approximate surface area is 196 Å². The Bertz CT molecular complexity index is 1060. The van der Waals surface area contributed by atoms with Crippen molar-refractivity contribution in [3.05, 3.63) is 88.1 Å². The normalized spacial score (nSPS) is 10.8. The first-order chi connectivity index (χ1) is 15.8. The zero-order valence-corrected chi connectivity index (χ0v) is 19.4. The van der Waals surface area contributed by atoms with E-state index in [1.807, 2.05) is 61.7 Å². The van der Waals surface area contributed by atoms with E-state index in [1.54, 1.807) is 16.2 Å². The first-order valence-electron chi connectivity index (χ1n) is 10.7. The first kappa shape index (κ1) is 24.4. The first-order valence-corrected chi connectivity index (χ1v) is 11.5. The number of hydrogen-bond acceptors (Lipinski definition) is 3. The lowest BCUT2D eigenvalue weighted by molar-refractivity contribution is -0.133. The molecule has 1 heterocycles. The summed E-state index contributed by atoms with van der Waals surface area (Å²) in [4.78, 5) is 30.3. The minimum atomic E-state index is -0.873. The lowest BCUT2D eigenvalue weighted by atomic mass is 10.2. The van der Waals surface area contributed by atoms with Crippen LogP contribution >= 0.6 is 11.3 Å². The van der Waals surface area contributed by atoms with E-state index >= 15 is 0 Å². The number of halogens is 2. The maximum absolute atomic E-state index is 14.0.